The highest BCUT2D eigenvalue weighted by Crippen LogP contribution is 2.04. The van der Waals surface area contributed by atoms with E-state index in [9.17, 15) is 4.79 Å². The second kappa shape index (κ2) is 6.22. The zero-order chi connectivity index (χ0) is 12.0. The van der Waals surface area contributed by atoms with E-state index in [1.807, 2.05) is 20.8 Å². The molecular formula is C10H19N5O. The van der Waals surface area contributed by atoms with Crippen LogP contribution in [0.15, 0.2) is 6.33 Å². The third kappa shape index (κ3) is 3.98. The van der Waals surface area contributed by atoms with E-state index < -0.39 is 0 Å². The van der Waals surface area contributed by atoms with Gasteiger partial charge in [-0.25, -0.2) is 4.98 Å². The summed E-state index contributed by atoms with van der Waals surface area (Å²) < 4.78 is 0. The van der Waals surface area contributed by atoms with E-state index in [0.29, 0.717) is 12.2 Å². The maximum atomic E-state index is 11.6. The van der Waals surface area contributed by atoms with Gasteiger partial charge in [-0.1, -0.05) is 6.92 Å². The highest BCUT2D eigenvalue weighted by molar-refractivity contribution is 5.76. The van der Waals surface area contributed by atoms with Gasteiger partial charge in [0, 0.05) is 12.5 Å². The number of nitrogens with one attached hydrogen (secondary N) is 3. The third-order valence-electron chi connectivity index (χ3n) is 2.27. The summed E-state index contributed by atoms with van der Waals surface area (Å²) >= 11 is 0. The van der Waals surface area contributed by atoms with Crippen LogP contribution in [-0.2, 0) is 4.79 Å². The molecule has 0 fully saturated rings. The molecule has 0 aliphatic heterocycles. The van der Waals surface area contributed by atoms with Crippen LogP contribution in [0.25, 0.3) is 0 Å². The molecule has 2 atom stereocenters. The van der Waals surface area contributed by atoms with Crippen LogP contribution in [0, 0.1) is 0 Å². The minimum absolute atomic E-state index is 0.0114. The topological polar surface area (TPSA) is 82.7 Å². The summed E-state index contributed by atoms with van der Waals surface area (Å²) in [5, 5.41) is 12.5. The molecule has 16 heavy (non-hydrogen) atoms. The molecule has 0 aliphatic rings. The number of carbonyl (C=O) groups excluding carboxylic acids is 1. The maximum absolute atomic E-state index is 11.6. The van der Waals surface area contributed by atoms with Crippen molar-refractivity contribution in [3.05, 3.63) is 12.2 Å². The molecule has 6 nitrogen and oxygen atoms in total. The largest absolute Gasteiger partial charge is 0.346 e. The van der Waals surface area contributed by atoms with E-state index in [-0.39, 0.29) is 18.0 Å². The van der Waals surface area contributed by atoms with E-state index in [1.165, 1.54) is 6.33 Å². The highest BCUT2D eigenvalue weighted by atomic mass is 16.1. The molecule has 2 unspecified atom stereocenters. The standard InChI is InChI=1S/C10H19N5O/c1-4-11-7(2)5-9(16)14-8(3)10-12-6-13-15-10/h6-8,11H,4-5H2,1-3H3,(H,14,16)(H,12,13,15). The van der Waals surface area contributed by atoms with Gasteiger partial charge < -0.3 is 10.6 Å². The number of hydrogen-bond acceptors (Lipinski definition) is 4. The molecular weight excluding hydrogens is 206 g/mol. The van der Waals surface area contributed by atoms with Gasteiger partial charge in [0.15, 0.2) is 0 Å². The smallest absolute Gasteiger partial charge is 0.222 e. The quantitative estimate of drug-likeness (QED) is 0.653. The Balaban J connectivity index is 2.34. The van der Waals surface area contributed by atoms with Crippen LogP contribution < -0.4 is 10.6 Å². The Labute approximate surface area is 95.2 Å². The predicted octanol–water partition coefficient (Wildman–Crippen LogP) is 0.370. The molecule has 1 heterocycles. The summed E-state index contributed by atoms with van der Waals surface area (Å²) in [6.07, 6.45) is 1.89. The number of hydrogen-bond donors (Lipinski definition) is 3. The van der Waals surface area contributed by atoms with E-state index in [4.69, 9.17) is 0 Å². The Morgan fingerprint density at radius 3 is 2.88 bits per heavy atom. The number of rotatable bonds is 6. The van der Waals surface area contributed by atoms with Gasteiger partial charge in [-0.15, -0.1) is 0 Å². The number of carbonyl (C=O) groups is 1. The Kier molecular flexibility index (Phi) is 4.91. The molecule has 0 radical (unpaired) electrons. The van der Waals surface area contributed by atoms with Crippen molar-refractivity contribution in [3.63, 3.8) is 0 Å². The van der Waals surface area contributed by atoms with Crippen molar-refractivity contribution in [3.8, 4) is 0 Å². The molecule has 0 saturated heterocycles. The van der Waals surface area contributed by atoms with Gasteiger partial charge in [0.2, 0.25) is 5.91 Å². The molecule has 0 saturated carbocycles. The van der Waals surface area contributed by atoms with Crippen LogP contribution in [0.3, 0.4) is 0 Å². The molecule has 1 amide bonds. The molecule has 1 rings (SSSR count). The van der Waals surface area contributed by atoms with Gasteiger partial charge >= 0.3 is 0 Å². The van der Waals surface area contributed by atoms with Gasteiger partial charge in [-0.2, -0.15) is 5.10 Å². The normalized spacial score (nSPS) is 14.4. The fourth-order valence-electron chi connectivity index (χ4n) is 1.49. The van der Waals surface area contributed by atoms with E-state index >= 15 is 0 Å². The van der Waals surface area contributed by atoms with Crippen LogP contribution in [0.4, 0.5) is 0 Å². The van der Waals surface area contributed by atoms with Crippen molar-refractivity contribution in [2.45, 2.75) is 39.3 Å². The second-order valence-corrected chi connectivity index (χ2v) is 3.82. The first-order chi connectivity index (χ1) is 7.63. The summed E-state index contributed by atoms with van der Waals surface area (Å²) in [6.45, 7) is 6.75. The first-order valence-corrected chi connectivity index (χ1v) is 5.51. The van der Waals surface area contributed by atoms with Crippen molar-refractivity contribution in [2.24, 2.45) is 0 Å². The van der Waals surface area contributed by atoms with Crippen molar-refractivity contribution in [1.29, 1.82) is 0 Å². The molecule has 90 valence electrons. The lowest BCUT2D eigenvalue weighted by atomic mass is 10.2. The van der Waals surface area contributed by atoms with E-state index in [2.05, 4.69) is 25.8 Å². The Hall–Kier alpha value is -1.43. The Morgan fingerprint density at radius 1 is 1.56 bits per heavy atom. The lowest BCUT2D eigenvalue weighted by Gasteiger charge is -2.14. The zero-order valence-corrected chi connectivity index (χ0v) is 9.95. The molecule has 3 N–H and O–H groups in total. The van der Waals surface area contributed by atoms with Crippen molar-refractivity contribution >= 4 is 5.91 Å². The van der Waals surface area contributed by atoms with E-state index in [1.54, 1.807) is 0 Å². The minimum atomic E-state index is -0.135. The summed E-state index contributed by atoms with van der Waals surface area (Å²) in [5.41, 5.74) is 0. The van der Waals surface area contributed by atoms with Gasteiger partial charge in [0.25, 0.3) is 0 Å². The first-order valence-electron chi connectivity index (χ1n) is 5.51. The molecule has 0 spiro atoms. The third-order valence-corrected chi connectivity index (χ3v) is 2.27. The maximum Gasteiger partial charge on any atom is 0.222 e. The van der Waals surface area contributed by atoms with Gasteiger partial charge in [0.05, 0.1) is 6.04 Å². The Bertz CT molecular complexity index is 311. The summed E-state index contributed by atoms with van der Waals surface area (Å²) in [7, 11) is 0. The van der Waals surface area contributed by atoms with Crippen molar-refractivity contribution in [1.82, 2.24) is 25.8 Å². The predicted molar refractivity (Wildman–Crippen MR) is 60.7 cm³/mol. The monoisotopic (exact) mass is 225 g/mol. The lowest BCUT2D eigenvalue weighted by molar-refractivity contribution is -0.122. The zero-order valence-electron chi connectivity index (χ0n) is 9.95. The average Bonchev–Trinajstić information content (AvgIpc) is 2.69. The minimum Gasteiger partial charge on any atom is -0.346 e. The number of aromatic nitrogens is 3. The molecule has 0 bridgehead atoms. The van der Waals surface area contributed by atoms with Crippen LogP contribution in [0.5, 0.6) is 0 Å². The molecule has 0 aromatic carbocycles. The average molecular weight is 225 g/mol. The Morgan fingerprint density at radius 2 is 2.31 bits per heavy atom. The highest BCUT2D eigenvalue weighted by Gasteiger charge is 2.13. The molecule has 1 aromatic rings. The van der Waals surface area contributed by atoms with Gasteiger partial charge in [0.1, 0.15) is 12.2 Å². The number of H-pyrrole nitrogens is 1. The SMILES string of the molecule is CCNC(C)CC(=O)NC(C)c1ncn[nH]1. The van der Waals surface area contributed by atoms with Crippen LogP contribution >= 0.6 is 0 Å². The first kappa shape index (κ1) is 12.6. The van der Waals surface area contributed by atoms with Crippen molar-refractivity contribution in [2.75, 3.05) is 6.54 Å². The van der Waals surface area contributed by atoms with Crippen LogP contribution in [0.2, 0.25) is 0 Å². The lowest BCUT2D eigenvalue weighted by Crippen LogP contribution is -2.35. The summed E-state index contributed by atoms with van der Waals surface area (Å²) in [4.78, 5) is 15.6. The number of nitrogens with zero attached hydrogens (tertiary/aromatic N) is 2. The fourth-order valence-corrected chi connectivity index (χ4v) is 1.49. The molecule has 1 aromatic heterocycles. The summed E-state index contributed by atoms with van der Waals surface area (Å²) in [5.74, 6) is 0.682. The number of aromatic amines is 1. The van der Waals surface area contributed by atoms with Crippen LogP contribution in [-0.4, -0.2) is 33.7 Å². The van der Waals surface area contributed by atoms with Crippen LogP contribution in [0.1, 0.15) is 39.1 Å². The van der Waals surface area contributed by atoms with Crippen molar-refractivity contribution < 1.29 is 4.79 Å². The van der Waals surface area contributed by atoms with E-state index in [0.717, 1.165) is 6.54 Å². The molecule has 6 heteroatoms. The second-order valence-electron chi connectivity index (χ2n) is 3.82. The molecule has 0 aliphatic carbocycles. The van der Waals surface area contributed by atoms with Gasteiger partial charge in [-0.05, 0) is 20.4 Å². The summed E-state index contributed by atoms with van der Waals surface area (Å²) in [6, 6.07) is 0.0516. The number of amides is 1. The fraction of sp³-hybridized carbons (Fsp3) is 0.700. The van der Waals surface area contributed by atoms with Gasteiger partial charge in [-0.3, -0.25) is 9.89 Å².